The number of aromatic amines is 1. The summed E-state index contributed by atoms with van der Waals surface area (Å²) in [4.78, 5) is 2.85. The van der Waals surface area contributed by atoms with E-state index in [1.165, 1.54) is 0 Å². The third kappa shape index (κ3) is 0.882. The summed E-state index contributed by atoms with van der Waals surface area (Å²) in [6.45, 7) is 0. The molecule has 8 heavy (non-hydrogen) atoms. The minimum Gasteiger partial charge on any atom is -0.367 e. The number of hydrogen-bond donors (Lipinski definition) is 3. The summed E-state index contributed by atoms with van der Waals surface area (Å²) in [5, 5.41) is 0. The Kier molecular flexibility index (Phi) is 1.32. The van der Waals surface area contributed by atoms with Crippen LogP contribution >= 0.6 is 0 Å². The molecule has 5 N–H and O–H groups in total. The Labute approximate surface area is 47.7 Å². The fourth-order valence-electron chi connectivity index (χ4n) is 0.544. The summed E-state index contributed by atoms with van der Waals surface area (Å²) < 4.78 is 0. The summed E-state index contributed by atoms with van der Waals surface area (Å²) in [7, 11) is 0. The van der Waals surface area contributed by atoms with Crippen LogP contribution in [0.5, 0.6) is 0 Å². The van der Waals surface area contributed by atoms with Crippen LogP contribution in [-0.2, 0) is 0 Å². The molecule has 0 spiro atoms. The maximum Gasteiger partial charge on any atom is 0.0799 e. The van der Waals surface area contributed by atoms with Crippen LogP contribution in [0.4, 0.5) is 0 Å². The molecule has 0 aliphatic carbocycles. The van der Waals surface area contributed by atoms with E-state index in [1.807, 2.05) is 6.07 Å². The van der Waals surface area contributed by atoms with Crippen LogP contribution in [0.25, 0.3) is 0 Å². The largest absolute Gasteiger partial charge is 0.367 e. The maximum absolute atomic E-state index is 5.32. The van der Waals surface area contributed by atoms with E-state index in [-0.39, 0.29) is 6.17 Å². The lowest BCUT2D eigenvalue weighted by molar-refractivity contribution is 0.775. The highest BCUT2D eigenvalue weighted by Gasteiger charge is 1.95. The quantitative estimate of drug-likeness (QED) is 0.444. The normalized spacial score (nSPS) is 10.4. The molecule has 0 bridgehead atoms. The van der Waals surface area contributed by atoms with Gasteiger partial charge in [0.2, 0.25) is 0 Å². The van der Waals surface area contributed by atoms with Crippen molar-refractivity contribution in [3.63, 3.8) is 0 Å². The van der Waals surface area contributed by atoms with Gasteiger partial charge in [0.25, 0.3) is 0 Å². The lowest BCUT2D eigenvalue weighted by Crippen LogP contribution is -2.18. The van der Waals surface area contributed by atoms with Crippen molar-refractivity contribution in [2.75, 3.05) is 0 Å². The van der Waals surface area contributed by atoms with Gasteiger partial charge in [-0.1, -0.05) is 0 Å². The molecule has 1 heterocycles. The number of nitrogens with two attached hydrogens (primary N) is 2. The molecule has 44 valence electrons. The highest BCUT2D eigenvalue weighted by Crippen LogP contribution is 2.00. The molecule has 3 heteroatoms. The van der Waals surface area contributed by atoms with Crippen molar-refractivity contribution in [1.82, 2.24) is 4.98 Å². The van der Waals surface area contributed by atoms with Gasteiger partial charge in [0.1, 0.15) is 0 Å². The molecule has 0 aromatic carbocycles. The smallest absolute Gasteiger partial charge is 0.0799 e. The van der Waals surface area contributed by atoms with Gasteiger partial charge in [0.05, 0.1) is 6.17 Å². The minimum absolute atomic E-state index is 0.346. The van der Waals surface area contributed by atoms with Crippen LogP contribution in [0, 0.1) is 0 Å². The SMILES string of the molecule is NC(N)c1cc[nH]c1. The second-order valence-electron chi connectivity index (χ2n) is 1.67. The minimum atomic E-state index is -0.346. The number of nitrogens with one attached hydrogen (secondary N) is 1. The molecular formula is C5H9N3. The van der Waals surface area contributed by atoms with Crippen molar-refractivity contribution in [2.45, 2.75) is 6.17 Å². The Morgan fingerprint density at radius 2 is 2.25 bits per heavy atom. The standard InChI is InChI=1S/C5H9N3/c6-5(7)4-1-2-8-3-4/h1-3,5,8H,6-7H2. The van der Waals surface area contributed by atoms with Crippen LogP contribution in [0.2, 0.25) is 0 Å². The molecule has 0 amide bonds. The first-order chi connectivity index (χ1) is 3.80. The maximum atomic E-state index is 5.32. The van der Waals surface area contributed by atoms with Crippen molar-refractivity contribution in [2.24, 2.45) is 11.5 Å². The monoisotopic (exact) mass is 111 g/mol. The number of hydrogen-bond acceptors (Lipinski definition) is 2. The lowest BCUT2D eigenvalue weighted by Gasteiger charge is -1.97. The first kappa shape index (κ1) is 5.34. The average Bonchev–Trinajstić information content (AvgIpc) is 2.12. The predicted octanol–water partition coefficient (Wildman–Crippen LogP) is -0.0693. The third-order valence-electron chi connectivity index (χ3n) is 1.01. The molecule has 0 atom stereocenters. The molecule has 0 aliphatic rings. The van der Waals surface area contributed by atoms with Gasteiger partial charge in [0, 0.05) is 18.0 Å². The molecule has 0 saturated carbocycles. The molecule has 0 fully saturated rings. The molecule has 0 saturated heterocycles. The Morgan fingerprint density at radius 3 is 2.50 bits per heavy atom. The molecule has 0 radical (unpaired) electrons. The Morgan fingerprint density at radius 1 is 1.50 bits per heavy atom. The Hall–Kier alpha value is -0.800. The summed E-state index contributed by atoms with van der Waals surface area (Å²) in [5.41, 5.74) is 11.6. The zero-order valence-electron chi connectivity index (χ0n) is 4.46. The molecule has 1 aromatic rings. The van der Waals surface area contributed by atoms with Crippen LogP contribution < -0.4 is 11.5 Å². The first-order valence-corrected chi connectivity index (χ1v) is 2.44. The topological polar surface area (TPSA) is 67.8 Å². The summed E-state index contributed by atoms with van der Waals surface area (Å²) in [5.74, 6) is 0. The van der Waals surface area contributed by atoms with E-state index in [2.05, 4.69) is 4.98 Å². The van der Waals surface area contributed by atoms with Gasteiger partial charge in [0.15, 0.2) is 0 Å². The van der Waals surface area contributed by atoms with Gasteiger partial charge >= 0.3 is 0 Å². The van der Waals surface area contributed by atoms with E-state index >= 15 is 0 Å². The predicted molar refractivity (Wildman–Crippen MR) is 31.9 cm³/mol. The average molecular weight is 111 g/mol. The fourth-order valence-corrected chi connectivity index (χ4v) is 0.544. The van der Waals surface area contributed by atoms with Crippen molar-refractivity contribution < 1.29 is 0 Å². The summed E-state index contributed by atoms with van der Waals surface area (Å²) >= 11 is 0. The van der Waals surface area contributed by atoms with Gasteiger partial charge in [-0.25, -0.2) is 0 Å². The number of rotatable bonds is 1. The molecule has 3 nitrogen and oxygen atoms in total. The van der Waals surface area contributed by atoms with Gasteiger partial charge < -0.3 is 16.5 Å². The first-order valence-electron chi connectivity index (χ1n) is 2.44. The van der Waals surface area contributed by atoms with E-state index < -0.39 is 0 Å². The number of H-pyrrole nitrogens is 1. The van der Waals surface area contributed by atoms with E-state index in [4.69, 9.17) is 11.5 Å². The highest BCUT2D eigenvalue weighted by atomic mass is 14.9. The van der Waals surface area contributed by atoms with Crippen LogP contribution in [0.3, 0.4) is 0 Å². The molecule has 0 aliphatic heterocycles. The highest BCUT2D eigenvalue weighted by molar-refractivity contribution is 5.11. The zero-order chi connectivity index (χ0) is 5.98. The van der Waals surface area contributed by atoms with Crippen LogP contribution in [0.15, 0.2) is 18.5 Å². The van der Waals surface area contributed by atoms with Crippen LogP contribution in [-0.4, -0.2) is 4.98 Å². The number of aromatic nitrogens is 1. The Bertz CT molecular complexity index is 143. The summed E-state index contributed by atoms with van der Waals surface area (Å²) in [6.07, 6.45) is 3.23. The van der Waals surface area contributed by atoms with Gasteiger partial charge in [-0.05, 0) is 6.07 Å². The van der Waals surface area contributed by atoms with Crippen molar-refractivity contribution in [3.05, 3.63) is 24.0 Å². The third-order valence-corrected chi connectivity index (χ3v) is 1.01. The van der Waals surface area contributed by atoms with Crippen molar-refractivity contribution in [1.29, 1.82) is 0 Å². The van der Waals surface area contributed by atoms with Gasteiger partial charge in [-0.3, -0.25) is 0 Å². The van der Waals surface area contributed by atoms with Crippen LogP contribution in [0.1, 0.15) is 11.7 Å². The molecule has 1 rings (SSSR count). The Balaban J connectivity index is 2.77. The van der Waals surface area contributed by atoms with E-state index in [0.717, 1.165) is 5.56 Å². The molecule has 0 unspecified atom stereocenters. The zero-order valence-corrected chi connectivity index (χ0v) is 4.46. The molecule has 1 aromatic heterocycles. The second kappa shape index (κ2) is 1.98. The summed E-state index contributed by atoms with van der Waals surface area (Å²) in [6, 6.07) is 1.85. The fraction of sp³-hybridized carbons (Fsp3) is 0.200. The van der Waals surface area contributed by atoms with E-state index in [0.29, 0.717) is 0 Å². The van der Waals surface area contributed by atoms with Gasteiger partial charge in [-0.2, -0.15) is 0 Å². The lowest BCUT2D eigenvalue weighted by atomic mass is 10.3. The molecular weight excluding hydrogens is 102 g/mol. The van der Waals surface area contributed by atoms with Gasteiger partial charge in [-0.15, -0.1) is 0 Å². The van der Waals surface area contributed by atoms with Crippen molar-refractivity contribution >= 4 is 0 Å². The van der Waals surface area contributed by atoms with E-state index in [1.54, 1.807) is 12.4 Å². The second-order valence-corrected chi connectivity index (χ2v) is 1.67. The van der Waals surface area contributed by atoms with E-state index in [9.17, 15) is 0 Å². The van der Waals surface area contributed by atoms with Crippen molar-refractivity contribution in [3.8, 4) is 0 Å².